The third-order valence-electron chi connectivity index (χ3n) is 2.27. The summed E-state index contributed by atoms with van der Waals surface area (Å²) in [5.74, 6) is -0.0531. The molecule has 0 aliphatic rings. The maximum absolute atomic E-state index is 11.3. The molecule has 6 heteroatoms. The summed E-state index contributed by atoms with van der Waals surface area (Å²) in [6.45, 7) is 0. The lowest BCUT2D eigenvalue weighted by Gasteiger charge is -1.99. The predicted molar refractivity (Wildman–Crippen MR) is 57.9 cm³/mol. The number of carbonyl (C=O) groups is 1. The SMILES string of the molecule is O=C(O)c1cnc(CCc2ccco2)[nH]c1=O. The zero-order valence-corrected chi connectivity index (χ0v) is 8.84. The zero-order chi connectivity index (χ0) is 12.3. The summed E-state index contributed by atoms with van der Waals surface area (Å²) in [6, 6.07) is 3.60. The Kier molecular flexibility index (Phi) is 3.04. The van der Waals surface area contributed by atoms with Gasteiger partial charge in [-0.15, -0.1) is 0 Å². The van der Waals surface area contributed by atoms with E-state index >= 15 is 0 Å². The molecule has 2 N–H and O–H groups in total. The van der Waals surface area contributed by atoms with Crippen LogP contribution in [-0.4, -0.2) is 21.0 Å². The largest absolute Gasteiger partial charge is 0.477 e. The first-order chi connectivity index (χ1) is 8.16. The van der Waals surface area contributed by atoms with E-state index in [1.807, 2.05) is 6.07 Å². The van der Waals surface area contributed by atoms with E-state index in [0.29, 0.717) is 18.7 Å². The lowest BCUT2D eigenvalue weighted by Crippen LogP contribution is -2.20. The van der Waals surface area contributed by atoms with Crippen LogP contribution in [0.4, 0.5) is 0 Å². The molecule has 2 heterocycles. The van der Waals surface area contributed by atoms with Crippen LogP contribution in [0, 0.1) is 0 Å². The molecule has 2 rings (SSSR count). The number of H-pyrrole nitrogens is 1. The summed E-state index contributed by atoms with van der Waals surface area (Å²) in [4.78, 5) is 28.3. The first-order valence-corrected chi connectivity index (χ1v) is 5.00. The van der Waals surface area contributed by atoms with Crippen LogP contribution < -0.4 is 5.56 Å². The van der Waals surface area contributed by atoms with E-state index in [1.165, 1.54) is 0 Å². The van der Waals surface area contributed by atoms with Gasteiger partial charge in [0, 0.05) is 19.0 Å². The van der Waals surface area contributed by atoms with Crippen molar-refractivity contribution in [2.75, 3.05) is 0 Å². The van der Waals surface area contributed by atoms with E-state index < -0.39 is 11.5 Å². The molecule has 0 radical (unpaired) electrons. The van der Waals surface area contributed by atoms with Crippen LogP contribution >= 0.6 is 0 Å². The molecule has 0 saturated carbocycles. The van der Waals surface area contributed by atoms with Crippen molar-refractivity contribution in [2.24, 2.45) is 0 Å². The number of nitrogens with one attached hydrogen (secondary N) is 1. The van der Waals surface area contributed by atoms with Crippen LogP contribution in [0.25, 0.3) is 0 Å². The molecule has 0 saturated heterocycles. The summed E-state index contributed by atoms with van der Waals surface area (Å²) >= 11 is 0. The second-order valence-corrected chi connectivity index (χ2v) is 3.46. The van der Waals surface area contributed by atoms with Gasteiger partial charge in [0.1, 0.15) is 17.1 Å². The van der Waals surface area contributed by atoms with Gasteiger partial charge in [0.2, 0.25) is 0 Å². The van der Waals surface area contributed by atoms with Gasteiger partial charge < -0.3 is 14.5 Å². The van der Waals surface area contributed by atoms with E-state index in [1.54, 1.807) is 12.3 Å². The van der Waals surface area contributed by atoms with Crippen LogP contribution in [0.15, 0.2) is 33.8 Å². The van der Waals surface area contributed by atoms with Crippen molar-refractivity contribution in [2.45, 2.75) is 12.8 Å². The second-order valence-electron chi connectivity index (χ2n) is 3.46. The molecule has 0 aliphatic heterocycles. The van der Waals surface area contributed by atoms with Crippen molar-refractivity contribution >= 4 is 5.97 Å². The highest BCUT2D eigenvalue weighted by atomic mass is 16.4. The van der Waals surface area contributed by atoms with E-state index in [-0.39, 0.29) is 5.56 Å². The lowest BCUT2D eigenvalue weighted by molar-refractivity contribution is 0.0694. The molecular weight excluding hydrogens is 224 g/mol. The minimum atomic E-state index is -1.28. The summed E-state index contributed by atoms with van der Waals surface area (Å²) in [5.41, 5.74) is -0.992. The average Bonchev–Trinajstić information content (AvgIpc) is 2.78. The minimum Gasteiger partial charge on any atom is -0.477 e. The van der Waals surface area contributed by atoms with E-state index in [2.05, 4.69) is 9.97 Å². The quantitative estimate of drug-likeness (QED) is 0.817. The molecule has 2 aromatic rings. The molecule has 88 valence electrons. The average molecular weight is 234 g/mol. The maximum atomic E-state index is 11.3. The van der Waals surface area contributed by atoms with E-state index in [4.69, 9.17) is 9.52 Å². The number of aromatic carboxylic acids is 1. The molecule has 17 heavy (non-hydrogen) atoms. The Morgan fingerprint density at radius 3 is 2.88 bits per heavy atom. The standard InChI is InChI=1S/C11H10N2O4/c14-10-8(11(15)16)6-12-9(13-10)4-3-7-2-1-5-17-7/h1-2,5-6H,3-4H2,(H,15,16)(H,12,13,14). The first-order valence-electron chi connectivity index (χ1n) is 5.00. The van der Waals surface area contributed by atoms with Gasteiger partial charge in [-0.3, -0.25) is 4.79 Å². The number of aromatic nitrogens is 2. The Morgan fingerprint density at radius 2 is 2.29 bits per heavy atom. The van der Waals surface area contributed by atoms with Crippen molar-refractivity contribution in [3.63, 3.8) is 0 Å². The Balaban J connectivity index is 2.10. The summed E-state index contributed by atoms with van der Waals surface area (Å²) < 4.78 is 5.13. The number of rotatable bonds is 4. The Morgan fingerprint density at radius 1 is 1.47 bits per heavy atom. The van der Waals surface area contributed by atoms with Gasteiger partial charge >= 0.3 is 5.97 Å². The number of carboxylic acid groups (broad SMARTS) is 1. The van der Waals surface area contributed by atoms with Crippen molar-refractivity contribution in [3.8, 4) is 0 Å². The molecule has 0 fully saturated rings. The lowest BCUT2D eigenvalue weighted by atomic mass is 10.2. The third kappa shape index (κ3) is 2.60. The monoisotopic (exact) mass is 234 g/mol. The fraction of sp³-hybridized carbons (Fsp3) is 0.182. The van der Waals surface area contributed by atoms with Gasteiger partial charge in [-0.2, -0.15) is 0 Å². The normalized spacial score (nSPS) is 10.4. The molecule has 2 aromatic heterocycles. The number of carboxylic acids is 1. The predicted octanol–water partition coefficient (Wildman–Crippen LogP) is 0.846. The molecular formula is C11H10N2O4. The van der Waals surface area contributed by atoms with Crippen LogP contribution in [0.2, 0.25) is 0 Å². The van der Waals surface area contributed by atoms with Crippen molar-refractivity contribution in [1.29, 1.82) is 0 Å². The molecule has 0 bridgehead atoms. The number of furan rings is 1. The summed E-state index contributed by atoms with van der Waals surface area (Å²) in [6.07, 6.45) is 3.72. The summed E-state index contributed by atoms with van der Waals surface area (Å²) in [5, 5.41) is 8.66. The number of hydrogen-bond acceptors (Lipinski definition) is 4. The molecule has 0 amide bonds. The van der Waals surface area contributed by atoms with Crippen LogP contribution in [0.1, 0.15) is 21.9 Å². The van der Waals surface area contributed by atoms with Gasteiger partial charge in [-0.1, -0.05) is 0 Å². The van der Waals surface area contributed by atoms with E-state index in [9.17, 15) is 9.59 Å². The van der Waals surface area contributed by atoms with Gasteiger partial charge in [0.25, 0.3) is 5.56 Å². The van der Waals surface area contributed by atoms with Crippen LogP contribution in [0.3, 0.4) is 0 Å². The fourth-order valence-electron chi connectivity index (χ4n) is 1.41. The smallest absolute Gasteiger partial charge is 0.342 e. The van der Waals surface area contributed by atoms with Gasteiger partial charge in [0.15, 0.2) is 0 Å². The van der Waals surface area contributed by atoms with Crippen LogP contribution in [-0.2, 0) is 12.8 Å². The minimum absolute atomic E-state index is 0.355. The Bertz CT molecular complexity index is 571. The first kappa shape index (κ1) is 11.1. The highest BCUT2D eigenvalue weighted by molar-refractivity contribution is 5.86. The molecule has 6 nitrogen and oxygen atoms in total. The van der Waals surface area contributed by atoms with Crippen LogP contribution in [0.5, 0.6) is 0 Å². The molecule has 0 atom stereocenters. The Hall–Kier alpha value is -2.37. The fourth-order valence-corrected chi connectivity index (χ4v) is 1.41. The van der Waals surface area contributed by atoms with E-state index in [0.717, 1.165) is 12.0 Å². The van der Waals surface area contributed by atoms with Crippen molar-refractivity contribution in [3.05, 3.63) is 52.1 Å². The number of aryl methyl sites for hydroxylation is 2. The molecule has 0 aliphatic carbocycles. The maximum Gasteiger partial charge on any atom is 0.342 e. The van der Waals surface area contributed by atoms with Gasteiger partial charge in [0.05, 0.1) is 6.26 Å². The topological polar surface area (TPSA) is 96.2 Å². The molecule has 0 unspecified atom stereocenters. The highest BCUT2D eigenvalue weighted by Crippen LogP contribution is 2.03. The van der Waals surface area contributed by atoms with Crippen molar-refractivity contribution < 1.29 is 14.3 Å². The van der Waals surface area contributed by atoms with Gasteiger partial charge in [-0.25, -0.2) is 9.78 Å². The highest BCUT2D eigenvalue weighted by Gasteiger charge is 2.09. The van der Waals surface area contributed by atoms with Crippen molar-refractivity contribution in [1.82, 2.24) is 9.97 Å². The second kappa shape index (κ2) is 4.65. The molecule has 0 aromatic carbocycles. The Labute approximate surface area is 95.9 Å². The number of nitrogens with zero attached hydrogens (tertiary/aromatic N) is 1. The number of aromatic amines is 1. The zero-order valence-electron chi connectivity index (χ0n) is 8.84. The third-order valence-corrected chi connectivity index (χ3v) is 2.27. The van der Waals surface area contributed by atoms with Gasteiger partial charge in [-0.05, 0) is 12.1 Å². The molecule has 0 spiro atoms. The number of hydrogen-bond donors (Lipinski definition) is 2. The summed E-state index contributed by atoms with van der Waals surface area (Å²) in [7, 11) is 0.